The van der Waals surface area contributed by atoms with Crippen LogP contribution in [0.25, 0.3) is 0 Å². The Bertz CT molecular complexity index is 58.9. The summed E-state index contributed by atoms with van der Waals surface area (Å²) >= 11 is 0. The predicted molar refractivity (Wildman–Crippen MR) is 30.6 cm³/mol. The van der Waals surface area contributed by atoms with Gasteiger partial charge < -0.3 is 9.84 Å². The van der Waals surface area contributed by atoms with Gasteiger partial charge in [-0.15, -0.1) is 0 Å². The molecular weight excluding hydrogens is 104 g/mol. The molecule has 2 atom stereocenters. The van der Waals surface area contributed by atoms with E-state index in [9.17, 15) is 0 Å². The molecule has 0 amide bonds. The van der Waals surface area contributed by atoms with Gasteiger partial charge in [-0.05, 0) is 12.8 Å². The molecule has 0 saturated heterocycles. The van der Waals surface area contributed by atoms with Crippen molar-refractivity contribution in [1.29, 1.82) is 0 Å². The second-order valence-corrected chi connectivity index (χ2v) is 2.29. The van der Waals surface area contributed by atoms with E-state index in [1.807, 2.05) is 0 Å². The van der Waals surface area contributed by atoms with E-state index in [0.717, 1.165) is 12.8 Å². The Morgan fingerprint density at radius 3 is 2.50 bits per heavy atom. The number of ether oxygens (including phenoxy) is 1. The summed E-state index contributed by atoms with van der Waals surface area (Å²) in [4.78, 5) is 0. The first-order valence-electron chi connectivity index (χ1n) is 3.02. The van der Waals surface area contributed by atoms with Crippen LogP contribution in [-0.4, -0.2) is 24.9 Å². The molecule has 1 aliphatic rings. The van der Waals surface area contributed by atoms with Crippen molar-refractivity contribution in [2.24, 2.45) is 5.92 Å². The third kappa shape index (κ3) is 0.858. The van der Waals surface area contributed by atoms with E-state index in [2.05, 4.69) is 0 Å². The van der Waals surface area contributed by atoms with Crippen molar-refractivity contribution in [3.05, 3.63) is 0 Å². The van der Waals surface area contributed by atoms with Gasteiger partial charge in [-0.3, -0.25) is 0 Å². The van der Waals surface area contributed by atoms with Crippen molar-refractivity contribution in [1.82, 2.24) is 0 Å². The maximum Gasteiger partial charge on any atom is 0.0621 e. The van der Waals surface area contributed by atoms with E-state index < -0.39 is 0 Å². The summed E-state index contributed by atoms with van der Waals surface area (Å²) in [6, 6.07) is 0. The van der Waals surface area contributed by atoms with Gasteiger partial charge >= 0.3 is 0 Å². The highest BCUT2D eigenvalue weighted by Crippen LogP contribution is 2.28. The third-order valence-electron chi connectivity index (χ3n) is 1.89. The molecule has 0 aliphatic heterocycles. The zero-order valence-electron chi connectivity index (χ0n) is 5.13. The van der Waals surface area contributed by atoms with E-state index in [4.69, 9.17) is 9.84 Å². The molecular formula is C6H12O2. The van der Waals surface area contributed by atoms with Crippen LogP contribution in [0, 0.1) is 5.92 Å². The maximum atomic E-state index is 8.61. The molecule has 0 unspecified atom stereocenters. The molecule has 0 bridgehead atoms. The molecule has 48 valence electrons. The van der Waals surface area contributed by atoms with Crippen LogP contribution in [-0.2, 0) is 4.74 Å². The number of hydrogen-bond donors (Lipinski definition) is 1. The Balaban J connectivity index is 2.16. The van der Waals surface area contributed by atoms with Gasteiger partial charge in [-0.2, -0.15) is 0 Å². The summed E-state index contributed by atoms with van der Waals surface area (Å²) < 4.78 is 5.03. The van der Waals surface area contributed by atoms with Crippen molar-refractivity contribution in [2.45, 2.75) is 18.9 Å². The predicted octanol–water partition coefficient (Wildman–Crippen LogP) is 0.404. The first-order valence-corrected chi connectivity index (χ1v) is 3.02. The van der Waals surface area contributed by atoms with Gasteiger partial charge in [0.1, 0.15) is 0 Å². The molecule has 8 heavy (non-hydrogen) atoms. The van der Waals surface area contributed by atoms with Gasteiger partial charge in [0.15, 0.2) is 0 Å². The van der Waals surface area contributed by atoms with Crippen molar-refractivity contribution in [3.63, 3.8) is 0 Å². The van der Waals surface area contributed by atoms with Crippen LogP contribution in [0.1, 0.15) is 12.8 Å². The third-order valence-corrected chi connectivity index (χ3v) is 1.89. The van der Waals surface area contributed by atoms with E-state index in [1.165, 1.54) is 0 Å². The highest BCUT2D eigenvalue weighted by atomic mass is 16.5. The Kier molecular flexibility index (Phi) is 1.86. The minimum Gasteiger partial charge on any atom is -0.396 e. The van der Waals surface area contributed by atoms with Gasteiger partial charge in [0.2, 0.25) is 0 Å². The van der Waals surface area contributed by atoms with E-state index in [0.29, 0.717) is 18.6 Å². The zero-order valence-corrected chi connectivity index (χ0v) is 5.13. The van der Waals surface area contributed by atoms with Gasteiger partial charge in [0.25, 0.3) is 0 Å². The van der Waals surface area contributed by atoms with E-state index in [1.54, 1.807) is 7.11 Å². The highest BCUT2D eigenvalue weighted by Gasteiger charge is 2.29. The van der Waals surface area contributed by atoms with Crippen LogP contribution >= 0.6 is 0 Å². The molecule has 2 nitrogen and oxygen atoms in total. The molecule has 0 radical (unpaired) electrons. The van der Waals surface area contributed by atoms with Crippen LogP contribution in [0.2, 0.25) is 0 Å². The Morgan fingerprint density at radius 1 is 1.62 bits per heavy atom. The molecule has 0 spiro atoms. The smallest absolute Gasteiger partial charge is 0.0621 e. The molecule has 0 heterocycles. The van der Waals surface area contributed by atoms with E-state index in [-0.39, 0.29) is 0 Å². The molecule has 0 aromatic heterocycles. The number of hydrogen-bond acceptors (Lipinski definition) is 2. The molecule has 1 fully saturated rings. The second-order valence-electron chi connectivity index (χ2n) is 2.29. The number of aliphatic hydroxyl groups excluding tert-OH is 1. The average Bonchev–Trinajstić information content (AvgIpc) is 1.66. The Hall–Kier alpha value is -0.0800. The fourth-order valence-corrected chi connectivity index (χ4v) is 1.06. The lowest BCUT2D eigenvalue weighted by molar-refractivity contribution is -0.0389. The quantitative estimate of drug-likeness (QED) is 0.566. The molecule has 1 saturated carbocycles. The largest absolute Gasteiger partial charge is 0.396 e. The van der Waals surface area contributed by atoms with Gasteiger partial charge in [-0.25, -0.2) is 0 Å². The molecule has 0 aromatic rings. The van der Waals surface area contributed by atoms with Crippen molar-refractivity contribution in [2.75, 3.05) is 13.7 Å². The average molecular weight is 116 g/mol. The Labute approximate surface area is 49.5 Å². The molecule has 0 aromatic carbocycles. The second kappa shape index (κ2) is 2.46. The first-order chi connectivity index (χ1) is 3.88. The molecule has 1 N–H and O–H groups in total. The topological polar surface area (TPSA) is 29.5 Å². The standard InChI is InChI=1S/C6H12O2/c1-8-6-3-2-5(6)4-7/h5-7H,2-4H2,1H3/t5-,6+/m1/s1. The van der Waals surface area contributed by atoms with E-state index >= 15 is 0 Å². The maximum absolute atomic E-state index is 8.61. The van der Waals surface area contributed by atoms with Crippen LogP contribution in [0.3, 0.4) is 0 Å². The van der Waals surface area contributed by atoms with Gasteiger partial charge in [-0.1, -0.05) is 0 Å². The summed E-state index contributed by atoms with van der Waals surface area (Å²) in [5, 5.41) is 8.61. The van der Waals surface area contributed by atoms with Crippen LogP contribution < -0.4 is 0 Å². The number of rotatable bonds is 2. The normalized spacial score (nSPS) is 36.8. The Morgan fingerprint density at radius 2 is 2.38 bits per heavy atom. The molecule has 2 heteroatoms. The minimum absolute atomic E-state index is 0.290. The number of methoxy groups -OCH3 is 1. The summed E-state index contributed by atoms with van der Waals surface area (Å²) in [5.74, 6) is 0.431. The van der Waals surface area contributed by atoms with Crippen LogP contribution in [0.5, 0.6) is 0 Å². The highest BCUT2D eigenvalue weighted by molar-refractivity contribution is 4.80. The fourth-order valence-electron chi connectivity index (χ4n) is 1.06. The van der Waals surface area contributed by atoms with Gasteiger partial charge in [0.05, 0.1) is 6.10 Å². The summed E-state index contributed by atoms with van der Waals surface area (Å²) in [6.45, 7) is 0.290. The lowest BCUT2D eigenvalue weighted by Crippen LogP contribution is -2.35. The minimum atomic E-state index is 0.290. The van der Waals surface area contributed by atoms with Crippen molar-refractivity contribution < 1.29 is 9.84 Å². The SMILES string of the molecule is CO[C@H]1CC[C@@H]1CO. The van der Waals surface area contributed by atoms with Crippen LogP contribution in [0.15, 0.2) is 0 Å². The van der Waals surface area contributed by atoms with Gasteiger partial charge in [0, 0.05) is 19.6 Å². The monoisotopic (exact) mass is 116 g/mol. The fraction of sp³-hybridized carbons (Fsp3) is 1.00. The first kappa shape index (κ1) is 6.05. The van der Waals surface area contributed by atoms with Crippen LogP contribution in [0.4, 0.5) is 0 Å². The lowest BCUT2D eigenvalue weighted by Gasteiger charge is -2.33. The number of aliphatic hydroxyl groups is 1. The molecule has 1 rings (SSSR count). The summed E-state index contributed by atoms with van der Waals surface area (Å²) in [6.07, 6.45) is 2.61. The van der Waals surface area contributed by atoms with Crippen molar-refractivity contribution >= 4 is 0 Å². The summed E-state index contributed by atoms with van der Waals surface area (Å²) in [5.41, 5.74) is 0. The molecule has 1 aliphatic carbocycles. The summed E-state index contributed by atoms with van der Waals surface area (Å²) in [7, 11) is 1.70. The van der Waals surface area contributed by atoms with Crippen molar-refractivity contribution in [3.8, 4) is 0 Å². The zero-order chi connectivity index (χ0) is 5.98. The lowest BCUT2D eigenvalue weighted by atomic mass is 9.83.